The Morgan fingerprint density at radius 3 is 2.50 bits per heavy atom. The molecule has 3 heteroatoms. The minimum atomic E-state index is -0.223. The van der Waals surface area contributed by atoms with E-state index in [0.29, 0.717) is 0 Å². The van der Waals surface area contributed by atoms with E-state index in [2.05, 4.69) is 47.4 Å². The molecular formula is C25H27NO2. The molecular weight excluding hydrogens is 346 g/mol. The van der Waals surface area contributed by atoms with E-state index in [1.165, 1.54) is 42.4 Å². The molecule has 2 heterocycles. The van der Waals surface area contributed by atoms with Crippen molar-refractivity contribution < 1.29 is 4.42 Å². The fraction of sp³-hybridized carbons (Fsp3) is 0.400. The number of hydrogen-bond acceptors (Lipinski definition) is 3. The Morgan fingerprint density at radius 2 is 1.71 bits per heavy atom. The van der Waals surface area contributed by atoms with Crippen LogP contribution < -0.4 is 5.63 Å². The predicted octanol–water partition coefficient (Wildman–Crippen LogP) is 4.74. The molecule has 0 amide bonds. The first-order valence-electron chi connectivity index (χ1n) is 10.6. The summed E-state index contributed by atoms with van der Waals surface area (Å²) in [6.45, 7) is 3.05. The average molecular weight is 373 g/mol. The van der Waals surface area contributed by atoms with E-state index in [0.717, 1.165) is 54.9 Å². The fourth-order valence-electron chi connectivity index (χ4n) is 4.96. The van der Waals surface area contributed by atoms with Crippen LogP contribution >= 0.6 is 0 Å². The summed E-state index contributed by atoms with van der Waals surface area (Å²) in [4.78, 5) is 14.6. The minimum Gasteiger partial charge on any atom is -0.423 e. The molecule has 1 aromatic heterocycles. The number of likely N-dealkylation sites (tertiary alicyclic amines) is 1. The topological polar surface area (TPSA) is 33.5 Å². The van der Waals surface area contributed by atoms with Crippen LogP contribution in [0.3, 0.4) is 0 Å². The van der Waals surface area contributed by atoms with Gasteiger partial charge in [0, 0.05) is 18.0 Å². The van der Waals surface area contributed by atoms with Crippen molar-refractivity contribution in [2.45, 2.75) is 45.1 Å². The molecule has 1 aliphatic carbocycles. The van der Waals surface area contributed by atoms with E-state index < -0.39 is 0 Å². The zero-order valence-electron chi connectivity index (χ0n) is 16.3. The van der Waals surface area contributed by atoms with Crippen molar-refractivity contribution in [1.29, 1.82) is 0 Å². The Balaban J connectivity index is 1.30. The monoisotopic (exact) mass is 373 g/mol. The lowest BCUT2D eigenvalue weighted by atomic mass is 9.90. The average Bonchev–Trinajstić information content (AvgIpc) is 3.16. The van der Waals surface area contributed by atoms with E-state index in [4.69, 9.17) is 4.42 Å². The van der Waals surface area contributed by atoms with E-state index in [9.17, 15) is 4.79 Å². The van der Waals surface area contributed by atoms with Crippen molar-refractivity contribution in [3.05, 3.63) is 81.2 Å². The van der Waals surface area contributed by atoms with Crippen LogP contribution in [0.2, 0.25) is 0 Å². The summed E-state index contributed by atoms with van der Waals surface area (Å²) in [7, 11) is 0. The van der Waals surface area contributed by atoms with Gasteiger partial charge in [-0.2, -0.15) is 0 Å². The van der Waals surface area contributed by atoms with Gasteiger partial charge in [-0.1, -0.05) is 30.3 Å². The van der Waals surface area contributed by atoms with E-state index in [1.54, 1.807) is 6.07 Å². The number of rotatable bonds is 4. The van der Waals surface area contributed by atoms with Gasteiger partial charge in [0.05, 0.1) is 0 Å². The molecule has 0 atom stereocenters. The maximum Gasteiger partial charge on any atom is 0.336 e. The van der Waals surface area contributed by atoms with Crippen LogP contribution in [0.25, 0.3) is 11.0 Å². The van der Waals surface area contributed by atoms with Gasteiger partial charge in [-0.3, -0.25) is 4.90 Å². The number of hydrogen-bond donors (Lipinski definition) is 0. The molecule has 1 fully saturated rings. The quantitative estimate of drug-likeness (QED) is 0.620. The van der Waals surface area contributed by atoms with Gasteiger partial charge < -0.3 is 4.42 Å². The maximum absolute atomic E-state index is 12.1. The zero-order valence-corrected chi connectivity index (χ0v) is 16.3. The molecule has 0 bridgehead atoms. The Hall–Kier alpha value is -2.39. The minimum absolute atomic E-state index is 0.223. The molecule has 0 spiro atoms. The largest absolute Gasteiger partial charge is 0.423 e. The molecule has 28 heavy (non-hydrogen) atoms. The summed E-state index contributed by atoms with van der Waals surface area (Å²) in [5.41, 5.74) is 5.91. The number of piperidine rings is 1. The second-order valence-electron chi connectivity index (χ2n) is 8.47. The van der Waals surface area contributed by atoms with Gasteiger partial charge in [-0.25, -0.2) is 4.79 Å². The maximum atomic E-state index is 12.1. The van der Waals surface area contributed by atoms with Gasteiger partial charge in [-0.05, 0) is 91.9 Å². The molecule has 2 aliphatic rings. The normalized spacial score (nSPS) is 17.9. The van der Waals surface area contributed by atoms with E-state index in [1.807, 2.05) is 0 Å². The first-order chi connectivity index (χ1) is 13.7. The van der Waals surface area contributed by atoms with Crippen molar-refractivity contribution >= 4 is 11.0 Å². The van der Waals surface area contributed by atoms with Gasteiger partial charge in [0.1, 0.15) is 5.58 Å². The van der Waals surface area contributed by atoms with Crippen LogP contribution in [0.15, 0.2) is 57.7 Å². The molecule has 144 valence electrons. The highest BCUT2D eigenvalue weighted by atomic mass is 16.4. The smallest absolute Gasteiger partial charge is 0.336 e. The lowest BCUT2D eigenvalue weighted by molar-refractivity contribution is 0.177. The van der Waals surface area contributed by atoms with Gasteiger partial charge in [0.2, 0.25) is 0 Å². The van der Waals surface area contributed by atoms with Crippen LogP contribution in [0.1, 0.15) is 41.5 Å². The molecule has 0 saturated carbocycles. The third-order valence-electron chi connectivity index (χ3n) is 6.51. The van der Waals surface area contributed by atoms with E-state index >= 15 is 0 Å². The number of benzene rings is 2. The molecule has 2 aromatic carbocycles. The summed E-state index contributed by atoms with van der Waals surface area (Å²) in [6.07, 6.45) is 7.09. The van der Waals surface area contributed by atoms with Crippen LogP contribution in [0, 0.1) is 5.92 Å². The highest BCUT2D eigenvalue weighted by Crippen LogP contribution is 2.30. The summed E-state index contributed by atoms with van der Waals surface area (Å²) in [6, 6.07) is 16.9. The van der Waals surface area contributed by atoms with Gasteiger partial charge in [0.25, 0.3) is 0 Å². The number of nitrogens with zero attached hydrogens (tertiary/aromatic N) is 1. The molecule has 0 radical (unpaired) electrons. The molecule has 0 N–H and O–H groups in total. The Bertz CT molecular complexity index is 1030. The van der Waals surface area contributed by atoms with Crippen LogP contribution in [0.4, 0.5) is 0 Å². The van der Waals surface area contributed by atoms with Crippen molar-refractivity contribution in [3.8, 4) is 0 Å². The van der Waals surface area contributed by atoms with Crippen molar-refractivity contribution in [2.75, 3.05) is 13.1 Å². The Morgan fingerprint density at radius 1 is 0.964 bits per heavy atom. The summed E-state index contributed by atoms with van der Waals surface area (Å²) < 4.78 is 5.53. The lowest BCUT2D eigenvalue weighted by Gasteiger charge is -2.32. The van der Waals surface area contributed by atoms with E-state index in [-0.39, 0.29) is 5.63 Å². The fourth-order valence-corrected chi connectivity index (χ4v) is 4.96. The van der Waals surface area contributed by atoms with Gasteiger partial charge in [-0.15, -0.1) is 0 Å². The summed E-state index contributed by atoms with van der Waals surface area (Å²) in [5.74, 6) is 0.763. The third kappa shape index (κ3) is 3.64. The highest BCUT2D eigenvalue weighted by molar-refractivity contribution is 5.82. The first kappa shape index (κ1) is 17.7. The molecule has 0 unspecified atom stereocenters. The Labute approximate surface area is 166 Å². The predicted molar refractivity (Wildman–Crippen MR) is 113 cm³/mol. The van der Waals surface area contributed by atoms with Crippen LogP contribution in [-0.2, 0) is 25.8 Å². The molecule has 1 saturated heterocycles. The SMILES string of the molecule is O=c1cc(CN2CCC(Cc3ccccc3)CC2)c2cc3c(cc2o1)CCC3. The number of aryl methyl sites for hydroxylation is 2. The van der Waals surface area contributed by atoms with Crippen LogP contribution in [0.5, 0.6) is 0 Å². The highest BCUT2D eigenvalue weighted by Gasteiger charge is 2.21. The van der Waals surface area contributed by atoms with Gasteiger partial charge in [0.15, 0.2) is 0 Å². The zero-order chi connectivity index (χ0) is 18.9. The van der Waals surface area contributed by atoms with Crippen molar-refractivity contribution in [3.63, 3.8) is 0 Å². The first-order valence-corrected chi connectivity index (χ1v) is 10.6. The molecule has 3 nitrogen and oxygen atoms in total. The summed E-state index contributed by atoms with van der Waals surface area (Å²) >= 11 is 0. The standard InChI is InChI=1S/C25H27NO2/c27-25-16-22(23-14-20-7-4-8-21(20)15-24(23)28-25)17-26-11-9-19(10-12-26)13-18-5-2-1-3-6-18/h1-3,5-6,14-16,19H,4,7-13,17H2. The molecule has 5 rings (SSSR count). The third-order valence-corrected chi connectivity index (χ3v) is 6.51. The van der Waals surface area contributed by atoms with Crippen molar-refractivity contribution in [1.82, 2.24) is 4.90 Å². The van der Waals surface area contributed by atoms with Gasteiger partial charge >= 0.3 is 5.63 Å². The van der Waals surface area contributed by atoms with Crippen molar-refractivity contribution in [2.24, 2.45) is 5.92 Å². The summed E-state index contributed by atoms with van der Waals surface area (Å²) in [5, 5.41) is 1.13. The Kier molecular flexibility index (Phi) is 4.77. The second-order valence-corrected chi connectivity index (χ2v) is 8.47. The number of fused-ring (bicyclic) bond motifs is 2. The lowest BCUT2D eigenvalue weighted by Crippen LogP contribution is -2.34. The molecule has 3 aromatic rings. The molecule has 1 aliphatic heterocycles. The van der Waals surface area contributed by atoms with Crippen LogP contribution in [-0.4, -0.2) is 18.0 Å². The second kappa shape index (κ2) is 7.56.